The number of anilines is 1. The fourth-order valence-corrected chi connectivity index (χ4v) is 1.90. The van der Waals surface area contributed by atoms with Crippen LogP contribution >= 0.6 is 0 Å². The third kappa shape index (κ3) is 4.11. The second-order valence-corrected chi connectivity index (χ2v) is 4.68. The van der Waals surface area contributed by atoms with E-state index in [2.05, 4.69) is 0 Å². The van der Waals surface area contributed by atoms with Crippen LogP contribution < -0.4 is 10.5 Å². The molecule has 0 saturated heterocycles. The van der Waals surface area contributed by atoms with E-state index in [1.807, 2.05) is 31.2 Å². The number of nitrogen functional groups attached to an aromatic ring is 1. The van der Waals surface area contributed by atoms with Gasteiger partial charge in [0.2, 0.25) is 0 Å². The molecule has 0 aliphatic carbocycles. The molecule has 0 fully saturated rings. The van der Waals surface area contributed by atoms with E-state index in [-0.39, 0.29) is 0 Å². The Morgan fingerprint density at radius 2 is 2.05 bits per heavy atom. The quantitative estimate of drug-likeness (QED) is 0.652. The van der Waals surface area contributed by atoms with Crippen LogP contribution in [0.1, 0.15) is 16.7 Å². The molecule has 4 heteroatoms. The highest BCUT2D eigenvalue weighted by Crippen LogP contribution is 2.24. The molecule has 0 atom stereocenters. The highest BCUT2D eigenvalue weighted by atomic mass is 16.5. The van der Waals surface area contributed by atoms with Crippen LogP contribution in [0.25, 0.3) is 6.08 Å². The van der Waals surface area contributed by atoms with Gasteiger partial charge in [0.1, 0.15) is 12.4 Å². The summed E-state index contributed by atoms with van der Waals surface area (Å²) in [7, 11) is 0. The topological polar surface area (TPSA) is 72.5 Å². The highest BCUT2D eigenvalue weighted by molar-refractivity contribution is 5.85. The first kappa shape index (κ1) is 14.7. The molecule has 2 aromatic rings. The van der Waals surface area contributed by atoms with Gasteiger partial charge in [0, 0.05) is 6.08 Å². The van der Waals surface area contributed by atoms with E-state index >= 15 is 0 Å². The zero-order valence-electron chi connectivity index (χ0n) is 11.7. The van der Waals surface area contributed by atoms with Gasteiger partial charge in [0.25, 0.3) is 0 Å². The molecule has 0 saturated carbocycles. The number of carboxylic acids is 1. The first-order valence-electron chi connectivity index (χ1n) is 6.54. The summed E-state index contributed by atoms with van der Waals surface area (Å²) in [5.74, 6) is -0.404. The van der Waals surface area contributed by atoms with Gasteiger partial charge in [-0.1, -0.05) is 30.3 Å². The number of aryl methyl sites for hydroxylation is 1. The van der Waals surface area contributed by atoms with Crippen LogP contribution in [0.4, 0.5) is 5.69 Å². The van der Waals surface area contributed by atoms with E-state index < -0.39 is 5.97 Å². The number of hydrogen-bond acceptors (Lipinski definition) is 3. The standard InChI is InChI=1S/C17H17NO3/c1-12-4-2-3-5-14(12)11-21-16-8-6-13(10-15(16)18)7-9-17(19)20/h2-10H,11,18H2,1H3,(H,19,20)/b9-7-. The second kappa shape index (κ2) is 6.61. The van der Waals surface area contributed by atoms with Gasteiger partial charge in [0.05, 0.1) is 5.69 Å². The Labute approximate surface area is 123 Å². The zero-order valence-corrected chi connectivity index (χ0v) is 11.7. The summed E-state index contributed by atoms with van der Waals surface area (Å²) in [5, 5.41) is 8.59. The molecule has 2 rings (SSSR count). The summed E-state index contributed by atoms with van der Waals surface area (Å²) in [6, 6.07) is 13.2. The van der Waals surface area contributed by atoms with Crippen molar-refractivity contribution in [2.45, 2.75) is 13.5 Å². The van der Waals surface area contributed by atoms with Crippen LogP contribution in [-0.4, -0.2) is 11.1 Å². The maximum Gasteiger partial charge on any atom is 0.328 e. The van der Waals surface area contributed by atoms with Gasteiger partial charge in [0.15, 0.2) is 0 Å². The molecule has 3 N–H and O–H groups in total. The van der Waals surface area contributed by atoms with E-state index in [0.29, 0.717) is 18.0 Å². The third-order valence-electron chi connectivity index (χ3n) is 3.10. The molecule has 0 heterocycles. The number of hydrogen-bond donors (Lipinski definition) is 2. The number of carboxylic acid groups (broad SMARTS) is 1. The lowest BCUT2D eigenvalue weighted by Gasteiger charge is -2.11. The summed E-state index contributed by atoms with van der Waals surface area (Å²) in [6.07, 6.45) is 2.56. The Balaban J connectivity index is 2.08. The number of ether oxygens (including phenoxy) is 1. The summed E-state index contributed by atoms with van der Waals surface area (Å²) >= 11 is 0. The molecule has 0 amide bonds. The van der Waals surface area contributed by atoms with Crippen LogP contribution in [-0.2, 0) is 11.4 Å². The van der Waals surface area contributed by atoms with Crippen LogP contribution in [0.15, 0.2) is 48.5 Å². The molecule has 4 nitrogen and oxygen atoms in total. The Kier molecular flexibility index (Phi) is 4.61. The van der Waals surface area contributed by atoms with Crippen molar-refractivity contribution in [1.29, 1.82) is 0 Å². The van der Waals surface area contributed by atoms with Crippen LogP contribution in [0.3, 0.4) is 0 Å². The lowest BCUT2D eigenvalue weighted by atomic mass is 10.1. The summed E-state index contributed by atoms with van der Waals surface area (Å²) < 4.78 is 5.72. The molecule has 0 aromatic heterocycles. The first-order chi connectivity index (χ1) is 10.1. The minimum atomic E-state index is -0.992. The van der Waals surface area contributed by atoms with Crippen LogP contribution in [0.5, 0.6) is 5.75 Å². The number of benzene rings is 2. The Morgan fingerprint density at radius 1 is 1.29 bits per heavy atom. The van der Waals surface area contributed by atoms with Gasteiger partial charge in [-0.15, -0.1) is 0 Å². The lowest BCUT2D eigenvalue weighted by molar-refractivity contribution is -0.131. The molecule has 0 unspecified atom stereocenters. The van der Waals surface area contributed by atoms with Crippen molar-refractivity contribution in [1.82, 2.24) is 0 Å². The monoisotopic (exact) mass is 283 g/mol. The summed E-state index contributed by atoms with van der Waals surface area (Å²) in [6.45, 7) is 2.48. The fourth-order valence-electron chi connectivity index (χ4n) is 1.90. The Bertz CT molecular complexity index is 677. The van der Waals surface area contributed by atoms with Crippen molar-refractivity contribution in [2.75, 3.05) is 5.73 Å². The van der Waals surface area contributed by atoms with Crippen molar-refractivity contribution < 1.29 is 14.6 Å². The van der Waals surface area contributed by atoms with E-state index in [0.717, 1.165) is 22.8 Å². The van der Waals surface area contributed by atoms with Crippen molar-refractivity contribution in [3.8, 4) is 5.75 Å². The minimum Gasteiger partial charge on any atom is -0.487 e. The highest BCUT2D eigenvalue weighted by Gasteiger charge is 2.03. The average Bonchev–Trinajstić information content (AvgIpc) is 2.45. The van der Waals surface area contributed by atoms with Gasteiger partial charge >= 0.3 is 5.97 Å². The SMILES string of the molecule is Cc1ccccc1COc1ccc(/C=C\C(=O)O)cc1N. The summed E-state index contributed by atoms with van der Waals surface area (Å²) in [4.78, 5) is 10.5. The van der Waals surface area contributed by atoms with E-state index in [1.165, 1.54) is 6.08 Å². The van der Waals surface area contributed by atoms with Crippen molar-refractivity contribution in [2.24, 2.45) is 0 Å². The third-order valence-corrected chi connectivity index (χ3v) is 3.10. The van der Waals surface area contributed by atoms with Crippen molar-refractivity contribution in [3.63, 3.8) is 0 Å². The Morgan fingerprint density at radius 3 is 2.71 bits per heavy atom. The average molecular weight is 283 g/mol. The van der Waals surface area contributed by atoms with Gasteiger partial charge in [-0.3, -0.25) is 0 Å². The van der Waals surface area contributed by atoms with Gasteiger partial charge in [-0.05, 0) is 41.8 Å². The largest absolute Gasteiger partial charge is 0.487 e. The van der Waals surface area contributed by atoms with Crippen LogP contribution in [0.2, 0.25) is 0 Å². The number of nitrogens with two attached hydrogens (primary N) is 1. The van der Waals surface area contributed by atoms with E-state index in [1.54, 1.807) is 18.2 Å². The van der Waals surface area contributed by atoms with Crippen molar-refractivity contribution in [3.05, 3.63) is 65.2 Å². The van der Waals surface area contributed by atoms with E-state index in [9.17, 15) is 4.79 Å². The zero-order chi connectivity index (χ0) is 15.2. The molecule has 0 bridgehead atoms. The second-order valence-electron chi connectivity index (χ2n) is 4.68. The number of rotatable bonds is 5. The first-order valence-corrected chi connectivity index (χ1v) is 6.54. The van der Waals surface area contributed by atoms with Gasteiger partial charge in [-0.25, -0.2) is 4.79 Å². The normalized spacial score (nSPS) is 10.7. The Hall–Kier alpha value is -2.75. The van der Waals surface area contributed by atoms with Gasteiger partial charge in [-0.2, -0.15) is 0 Å². The lowest BCUT2D eigenvalue weighted by Crippen LogP contribution is -2.00. The molecule has 0 radical (unpaired) electrons. The smallest absolute Gasteiger partial charge is 0.328 e. The maximum absolute atomic E-state index is 10.5. The van der Waals surface area contributed by atoms with Crippen molar-refractivity contribution >= 4 is 17.7 Å². The maximum atomic E-state index is 10.5. The van der Waals surface area contributed by atoms with Gasteiger partial charge < -0.3 is 15.6 Å². The molecule has 2 aromatic carbocycles. The summed E-state index contributed by atoms with van der Waals surface area (Å²) in [5.41, 5.74) is 9.39. The molecule has 0 aliphatic heterocycles. The van der Waals surface area contributed by atoms with Crippen LogP contribution in [0, 0.1) is 6.92 Å². The molecule has 0 aliphatic rings. The molecule has 0 spiro atoms. The molecule has 21 heavy (non-hydrogen) atoms. The predicted octanol–water partition coefficient (Wildman–Crippen LogP) is 3.25. The number of carbonyl (C=O) groups is 1. The predicted molar refractivity (Wildman–Crippen MR) is 83.0 cm³/mol. The molecular formula is C17H17NO3. The molecule has 108 valence electrons. The molecular weight excluding hydrogens is 266 g/mol. The fraction of sp³-hybridized carbons (Fsp3) is 0.118. The van der Waals surface area contributed by atoms with E-state index in [4.69, 9.17) is 15.6 Å². The minimum absolute atomic E-state index is 0.446. The number of aliphatic carboxylic acids is 1.